The maximum Gasteiger partial charge on any atom is 0.277 e. The fourth-order valence-electron chi connectivity index (χ4n) is 3.07. The fraction of sp³-hybridized carbons (Fsp3) is 0.150. The summed E-state index contributed by atoms with van der Waals surface area (Å²) < 4.78 is 1.84. The number of nitrogens with two attached hydrogens (primary N) is 1. The number of ketones is 1. The molecular formula is C20H18N4O4. The van der Waals surface area contributed by atoms with Crippen LogP contribution in [0.5, 0.6) is 0 Å². The summed E-state index contributed by atoms with van der Waals surface area (Å²) in [5.41, 5.74) is 6.65. The zero-order chi connectivity index (χ0) is 20.3. The van der Waals surface area contributed by atoms with E-state index in [1.807, 2.05) is 11.5 Å². The lowest BCUT2D eigenvalue weighted by atomic mass is 9.93. The van der Waals surface area contributed by atoms with Gasteiger partial charge in [-0.3, -0.25) is 19.7 Å². The van der Waals surface area contributed by atoms with Crippen molar-refractivity contribution in [2.45, 2.75) is 19.4 Å². The number of nitro groups is 1. The van der Waals surface area contributed by atoms with Crippen molar-refractivity contribution in [1.82, 2.24) is 9.55 Å². The number of rotatable bonds is 7. The van der Waals surface area contributed by atoms with Crippen LogP contribution in [0, 0.1) is 10.1 Å². The second kappa shape index (κ2) is 7.83. The third kappa shape index (κ3) is 3.80. The Kier molecular flexibility index (Phi) is 5.30. The SMILES string of the molecule is CC(c1ccc(-c2ccccc2C(=O)CC(N)=O)c([N+](=O)[O-])c1)n1ccnc1. The Hall–Kier alpha value is -3.81. The van der Waals surface area contributed by atoms with E-state index in [0.717, 1.165) is 5.56 Å². The summed E-state index contributed by atoms with van der Waals surface area (Å²) in [6.45, 7) is 1.91. The second-order valence-electron chi connectivity index (χ2n) is 6.33. The number of primary amides is 1. The number of nitro benzene ring substituents is 1. The number of hydrogen-bond acceptors (Lipinski definition) is 5. The quantitative estimate of drug-likeness (QED) is 0.293. The topological polar surface area (TPSA) is 121 Å². The van der Waals surface area contributed by atoms with Gasteiger partial charge in [-0.1, -0.05) is 30.3 Å². The number of carbonyl (C=O) groups excluding carboxylic acids is 2. The van der Waals surface area contributed by atoms with Gasteiger partial charge in [0.25, 0.3) is 5.69 Å². The molecule has 0 saturated carbocycles. The number of aromatic nitrogens is 2. The molecule has 0 spiro atoms. The number of hydrogen-bond donors (Lipinski definition) is 1. The van der Waals surface area contributed by atoms with Gasteiger partial charge < -0.3 is 10.3 Å². The van der Waals surface area contributed by atoms with Gasteiger partial charge in [-0.05, 0) is 24.1 Å². The normalized spacial score (nSPS) is 11.8. The van der Waals surface area contributed by atoms with Gasteiger partial charge in [0.2, 0.25) is 5.91 Å². The first-order valence-electron chi connectivity index (χ1n) is 8.55. The monoisotopic (exact) mass is 378 g/mol. The summed E-state index contributed by atoms with van der Waals surface area (Å²) in [6.07, 6.45) is 4.60. The van der Waals surface area contributed by atoms with E-state index in [-0.39, 0.29) is 17.3 Å². The lowest BCUT2D eigenvalue weighted by Gasteiger charge is -2.15. The molecule has 0 fully saturated rings. The van der Waals surface area contributed by atoms with Crippen LogP contribution in [0.3, 0.4) is 0 Å². The van der Waals surface area contributed by atoms with E-state index in [9.17, 15) is 19.7 Å². The highest BCUT2D eigenvalue weighted by Crippen LogP contribution is 2.35. The Bertz CT molecular complexity index is 1040. The van der Waals surface area contributed by atoms with Gasteiger partial charge in [0, 0.05) is 24.0 Å². The van der Waals surface area contributed by atoms with Crippen LogP contribution in [0.15, 0.2) is 61.2 Å². The molecule has 2 N–H and O–H groups in total. The number of benzene rings is 2. The highest BCUT2D eigenvalue weighted by molar-refractivity contribution is 6.10. The van der Waals surface area contributed by atoms with Crippen LogP contribution in [-0.4, -0.2) is 26.2 Å². The maximum absolute atomic E-state index is 12.4. The molecule has 0 bridgehead atoms. The maximum atomic E-state index is 12.4. The smallest absolute Gasteiger partial charge is 0.277 e. The minimum atomic E-state index is -0.751. The Morgan fingerprint density at radius 1 is 1.21 bits per heavy atom. The van der Waals surface area contributed by atoms with E-state index in [2.05, 4.69) is 4.98 Å². The van der Waals surface area contributed by atoms with Gasteiger partial charge in [-0.25, -0.2) is 4.98 Å². The molecular weight excluding hydrogens is 360 g/mol. The van der Waals surface area contributed by atoms with E-state index in [1.54, 1.807) is 49.1 Å². The molecule has 1 atom stereocenters. The molecule has 1 amide bonds. The van der Waals surface area contributed by atoms with Crippen LogP contribution >= 0.6 is 0 Å². The average Bonchev–Trinajstić information content (AvgIpc) is 3.21. The first-order chi connectivity index (χ1) is 13.4. The zero-order valence-corrected chi connectivity index (χ0v) is 15.1. The molecule has 142 valence electrons. The number of amides is 1. The lowest BCUT2D eigenvalue weighted by Crippen LogP contribution is -2.16. The van der Waals surface area contributed by atoms with Crippen LogP contribution in [0.1, 0.15) is 35.3 Å². The molecule has 2 aromatic carbocycles. The summed E-state index contributed by atoms with van der Waals surface area (Å²) in [5, 5.41) is 11.7. The first kappa shape index (κ1) is 19.0. The number of carbonyl (C=O) groups is 2. The van der Waals surface area contributed by atoms with Crippen LogP contribution in [0.4, 0.5) is 5.69 Å². The molecule has 0 radical (unpaired) electrons. The van der Waals surface area contributed by atoms with Gasteiger partial charge in [-0.15, -0.1) is 0 Å². The minimum absolute atomic E-state index is 0.121. The molecule has 8 nitrogen and oxygen atoms in total. The predicted octanol–water partition coefficient (Wildman–Crippen LogP) is 3.13. The van der Waals surface area contributed by atoms with Gasteiger partial charge in [0.05, 0.1) is 29.3 Å². The summed E-state index contributed by atoms with van der Waals surface area (Å²) >= 11 is 0. The van der Waals surface area contributed by atoms with Crippen LogP contribution in [-0.2, 0) is 4.79 Å². The van der Waals surface area contributed by atoms with Gasteiger partial charge in [-0.2, -0.15) is 0 Å². The highest BCUT2D eigenvalue weighted by atomic mass is 16.6. The van der Waals surface area contributed by atoms with E-state index in [0.29, 0.717) is 11.1 Å². The molecule has 1 heterocycles. The number of Topliss-reactive ketones (excluding diaryl/α,β-unsaturated/α-hetero) is 1. The van der Waals surface area contributed by atoms with Crippen molar-refractivity contribution >= 4 is 17.4 Å². The highest BCUT2D eigenvalue weighted by Gasteiger charge is 2.23. The molecule has 0 saturated heterocycles. The summed E-state index contributed by atoms with van der Waals surface area (Å²) in [7, 11) is 0. The molecule has 28 heavy (non-hydrogen) atoms. The van der Waals surface area contributed by atoms with Crippen molar-refractivity contribution in [3.05, 3.63) is 82.4 Å². The van der Waals surface area contributed by atoms with Crippen molar-refractivity contribution in [3.8, 4) is 11.1 Å². The molecule has 1 aromatic heterocycles. The standard InChI is InChI=1S/C20H18N4O4/c1-13(23-9-8-22-12-23)14-6-7-16(18(10-14)24(27)28)15-4-2-3-5-17(15)19(25)11-20(21)26/h2-10,12-13H,11H2,1H3,(H2,21,26). The van der Waals surface area contributed by atoms with Crippen molar-refractivity contribution in [2.24, 2.45) is 5.73 Å². The largest absolute Gasteiger partial charge is 0.369 e. The number of nitrogens with zero attached hydrogens (tertiary/aromatic N) is 3. The predicted molar refractivity (Wildman–Crippen MR) is 103 cm³/mol. The molecule has 0 aliphatic rings. The summed E-state index contributed by atoms with van der Waals surface area (Å²) in [5.74, 6) is -1.23. The van der Waals surface area contributed by atoms with Crippen molar-refractivity contribution < 1.29 is 14.5 Å². The Morgan fingerprint density at radius 2 is 1.96 bits per heavy atom. The third-order valence-electron chi connectivity index (χ3n) is 4.53. The second-order valence-corrected chi connectivity index (χ2v) is 6.33. The first-order valence-corrected chi connectivity index (χ1v) is 8.55. The lowest BCUT2D eigenvalue weighted by molar-refractivity contribution is -0.384. The van der Waals surface area contributed by atoms with Gasteiger partial charge >= 0.3 is 0 Å². The number of imidazole rings is 1. The van der Waals surface area contributed by atoms with Crippen molar-refractivity contribution in [1.29, 1.82) is 0 Å². The van der Waals surface area contributed by atoms with E-state index in [1.165, 1.54) is 12.1 Å². The summed E-state index contributed by atoms with van der Waals surface area (Å²) in [4.78, 5) is 38.8. The van der Waals surface area contributed by atoms with Gasteiger partial charge in [0.1, 0.15) is 0 Å². The molecule has 8 heteroatoms. The minimum Gasteiger partial charge on any atom is -0.369 e. The van der Waals surface area contributed by atoms with E-state index >= 15 is 0 Å². The molecule has 1 unspecified atom stereocenters. The van der Waals surface area contributed by atoms with Crippen LogP contribution in [0.2, 0.25) is 0 Å². The average molecular weight is 378 g/mol. The Morgan fingerprint density at radius 3 is 2.61 bits per heavy atom. The third-order valence-corrected chi connectivity index (χ3v) is 4.53. The van der Waals surface area contributed by atoms with Crippen molar-refractivity contribution in [2.75, 3.05) is 0 Å². The van der Waals surface area contributed by atoms with Crippen molar-refractivity contribution in [3.63, 3.8) is 0 Å². The van der Waals surface area contributed by atoms with Crippen LogP contribution in [0.25, 0.3) is 11.1 Å². The molecule has 3 rings (SSSR count). The molecule has 0 aliphatic heterocycles. The fourth-order valence-corrected chi connectivity index (χ4v) is 3.07. The van der Waals surface area contributed by atoms with E-state index < -0.39 is 23.0 Å². The Balaban J connectivity index is 2.09. The zero-order valence-electron chi connectivity index (χ0n) is 15.1. The molecule has 0 aliphatic carbocycles. The summed E-state index contributed by atoms with van der Waals surface area (Å²) in [6, 6.07) is 11.2. The van der Waals surface area contributed by atoms with Gasteiger partial charge in [0.15, 0.2) is 5.78 Å². The van der Waals surface area contributed by atoms with E-state index in [4.69, 9.17) is 5.73 Å². The Labute approximate surface area is 160 Å². The molecule has 3 aromatic rings. The van der Waals surface area contributed by atoms with Crippen LogP contribution < -0.4 is 5.73 Å².